The van der Waals surface area contributed by atoms with E-state index in [1.54, 1.807) is 22.3 Å². The van der Waals surface area contributed by atoms with Gasteiger partial charge in [-0.15, -0.1) is 0 Å². The Labute approximate surface area is 173 Å². The molecule has 0 amide bonds. The number of nitrogens with zero attached hydrogens (tertiary/aromatic N) is 2. The molecule has 28 heavy (non-hydrogen) atoms. The fourth-order valence-electron chi connectivity index (χ4n) is 4.23. The van der Waals surface area contributed by atoms with Crippen LogP contribution in [0.3, 0.4) is 0 Å². The van der Waals surface area contributed by atoms with Crippen LogP contribution in [0.25, 0.3) is 11.0 Å². The van der Waals surface area contributed by atoms with Crippen molar-refractivity contribution in [2.24, 2.45) is 0 Å². The molecule has 0 aliphatic heterocycles. The van der Waals surface area contributed by atoms with Gasteiger partial charge in [0, 0.05) is 14.1 Å². The summed E-state index contributed by atoms with van der Waals surface area (Å²) in [5.41, 5.74) is 9.01. The Kier molecular flexibility index (Phi) is 9.34. The van der Waals surface area contributed by atoms with Gasteiger partial charge in [-0.1, -0.05) is 53.4 Å². The molecule has 0 aliphatic carbocycles. The fraction of sp³-hybridized carbons (Fsp3) is 0.720. The number of benzene rings is 1. The second-order valence-corrected chi connectivity index (χ2v) is 8.51. The number of hydrogen-bond donors (Lipinski definition) is 1. The number of imidazole rings is 1. The average Bonchev–Trinajstić information content (AvgIpc) is 3.13. The molecule has 0 unspecified atom stereocenters. The van der Waals surface area contributed by atoms with Crippen molar-refractivity contribution in [1.29, 1.82) is 0 Å². The summed E-state index contributed by atoms with van der Waals surface area (Å²) in [5, 5.41) is 0. The van der Waals surface area contributed by atoms with E-state index in [9.17, 15) is 0 Å². The van der Waals surface area contributed by atoms with Crippen molar-refractivity contribution in [1.82, 2.24) is 9.97 Å². The highest BCUT2D eigenvalue weighted by atomic mass is 15.2. The molecule has 0 bridgehead atoms. The fourth-order valence-corrected chi connectivity index (χ4v) is 4.23. The number of aromatic amines is 1. The van der Waals surface area contributed by atoms with Gasteiger partial charge in [-0.05, 0) is 73.6 Å². The summed E-state index contributed by atoms with van der Waals surface area (Å²) >= 11 is 0. The molecule has 3 heteroatoms. The lowest BCUT2D eigenvalue weighted by molar-refractivity contribution is 0.723. The normalized spacial score (nSPS) is 11.5. The first-order chi connectivity index (χ1) is 13.6. The maximum atomic E-state index is 5.09. The summed E-state index contributed by atoms with van der Waals surface area (Å²) in [6, 6.07) is 0. The predicted octanol–water partition coefficient (Wildman–Crippen LogP) is 7.00. The van der Waals surface area contributed by atoms with Crippen molar-refractivity contribution >= 4 is 17.0 Å². The number of unbranched alkanes of at least 4 members (excludes halogenated alkanes) is 4. The van der Waals surface area contributed by atoms with Gasteiger partial charge in [0.2, 0.25) is 5.95 Å². The van der Waals surface area contributed by atoms with Crippen molar-refractivity contribution in [3.63, 3.8) is 0 Å². The molecule has 1 heterocycles. The van der Waals surface area contributed by atoms with Crippen molar-refractivity contribution < 1.29 is 0 Å². The summed E-state index contributed by atoms with van der Waals surface area (Å²) in [5.74, 6) is 1.000. The number of anilines is 1. The molecule has 1 aromatic heterocycles. The number of aromatic nitrogens is 2. The quantitative estimate of drug-likeness (QED) is 0.402. The minimum Gasteiger partial charge on any atom is -0.349 e. The Hall–Kier alpha value is -1.51. The molecule has 1 aromatic carbocycles. The second-order valence-electron chi connectivity index (χ2n) is 8.51. The van der Waals surface area contributed by atoms with Crippen LogP contribution >= 0.6 is 0 Å². The van der Waals surface area contributed by atoms with Gasteiger partial charge in [-0.3, -0.25) is 0 Å². The van der Waals surface area contributed by atoms with Crippen molar-refractivity contribution in [2.75, 3.05) is 19.0 Å². The second kappa shape index (κ2) is 11.5. The first kappa shape index (κ1) is 22.8. The Balaban J connectivity index is 2.76. The van der Waals surface area contributed by atoms with E-state index in [1.165, 1.54) is 81.7 Å². The van der Waals surface area contributed by atoms with Crippen LogP contribution in [-0.4, -0.2) is 24.1 Å². The van der Waals surface area contributed by atoms with E-state index < -0.39 is 0 Å². The standard InChI is InChI=1S/C25H43N3/c1-7-11-15-19-20(16-12-8-2)22(18-14-10-4)24-23(21(19)17-13-9-3)26-25(27-24)28(5)6/h7-18H2,1-6H3,(H,26,27). The number of fused-ring (bicyclic) bond motifs is 1. The Morgan fingerprint density at radius 2 is 1.07 bits per heavy atom. The summed E-state index contributed by atoms with van der Waals surface area (Å²) < 4.78 is 0. The molecule has 1 N–H and O–H groups in total. The van der Waals surface area contributed by atoms with Gasteiger partial charge in [0.25, 0.3) is 0 Å². The maximum absolute atomic E-state index is 5.09. The van der Waals surface area contributed by atoms with Gasteiger partial charge in [0.05, 0.1) is 11.0 Å². The average molecular weight is 386 g/mol. The third-order valence-corrected chi connectivity index (χ3v) is 5.92. The molecule has 2 aromatic rings. The summed E-state index contributed by atoms with van der Waals surface area (Å²) in [6.07, 6.45) is 14.8. The van der Waals surface area contributed by atoms with Crippen molar-refractivity contribution in [2.45, 2.75) is 105 Å². The van der Waals surface area contributed by atoms with Crippen molar-refractivity contribution in [3.8, 4) is 0 Å². The van der Waals surface area contributed by atoms with Crippen LogP contribution in [0.15, 0.2) is 0 Å². The zero-order valence-corrected chi connectivity index (χ0v) is 19.4. The van der Waals surface area contributed by atoms with Crippen LogP contribution < -0.4 is 4.90 Å². The minimum atomic E-state index is 1.000. The maximum Gasteiger partial charge on any atom is 0.203 e. The highest BCUT2D eigenvalue weighted by Gasteiger charge is 2.21. The van der Waals surface area contributed by atoms with Crippen LogP contribution in [0.1, 0.15) is 101 Å². The van der Waals surface area contributed by atoms with Gasteiger partial charge >= 0.3 is 0 Å². The van der Waals surface area contributed by atoms with Gasteiger partial charge < -0.3 is 9.88 Å². The number of hydrogen-bond acceptors (Lipinski definition) is 2. The molecule has 158 valence electrons. The summed E-state index contributed by atoms with van der Waals surface area (Å²) in [7, 11) is 4.18. The third kappa shape index (κ3) is 5.30. The highest BCUT2D eigenvalue weighted by Crippen LogP contribution is 2.35. The zero-order valence-electron chi connectivity index (χ0n) is 19.4. The van der Waals surface area contributed by atoms with E-state index in [2.05, 4.69) is 51.7 Å². The first-order valence-electron chi connectivity index (χ1n) is 11.8. The largest absolute Gasteiger partial charge is 0.349 e. The predicted molar refractivity (Wildman–Crippen MR) is 125 cm³/mol. The van der Waals surface area contributed by atoms with Crippen LogP contribution in [0.5, 0.6) is 0 Å². The van der Waals surface area contributed by atoms with E-state index >= 15 is 0 Å². The molecule has 0 saturated carbocycles. The number of nitrogens with one attached hydrogen (secondary N) is 1. The lowest BCUT2D eigenvalue weighted by Crippen LogP contribution is -2.10. The van der Waals surface area contributed by atoms with Gasteiger partial charge in [0.15, 0.2) is 0 Å². The molecule has 0 aliphatic rings. The molecule has 0 fully saturated rings. The third-order valence-electron chi connectivity index (χ3n) is 5.92. The Bertz CT molecular complexity index is 670. The molecule has 0 saturated heterocycles. The number of H-pyrrole nitrogens is 1. The van der Waals surface area contributed by atoms with Crippen molar-refractivity contribution in [3.05, 3.63) is 22.3 Å². The van der Waals surface area contributed by atoms with Crippen LogP contribution in [0.2, 0.25) is 0 Å². The summed E-state index contributed by atoms with van der Waals surface area (Å²) in [4.78, 5) is 10.9. The smallest absolute Gasteiger partial charge is 0.203 e. The molecular formula is C25H43N3. The van der Waals surface area contributed by atoms with Gasteiger partial charge in [-0.25, -0.2) is 4.98 Å². The SMILES string of the molecule is CCCCc1c(CCCC)c(CCCC)c2[nH]c(N(C)C)nc2c1CCCC. The highest BCUT2D eigenvalue weighted by molar-refractivity contribution is 5.87. The van der Waals surface area contributed by atoms with Crippen LogP contribution in [0.4, 0.5) is 5.95 Å². The molecular weight excluding hydrogens is 342 g/mol. The van der Waals surface area contributed by atoms with Gasteiger partial charge in [0.1, 0.15) is 0 Å². The molecule has 2 rings (SSSR count). The molecule has 0 atom stereocenters. The van der Waals surface area contributed by atoms with E-state index in [4.69, 9.17) is 4.98 Å². The van der Waals surface area contributed by atoms with Crippen LogP contribution in [-0.2, 0) is 25.7 Å². The summed E-state index contributed by atoms with van der Waals surface area (Å²) in [6.45, 7) is 9.22. The van der Waals surface area contributed by atoms with Crippen LogP contribution in [0, 0.1) is 0 Å². The lowest BCUT2D eigenvalue weighted by Gasteiger charge is -2.21. The molecule has 3 nitrogen and oxygen atoms in total. The monoisotopic (exact) mass is 385 g/mol. The Morgan fingerprint density at radius 1 is 0.643 bits per heavy atom. The minimum absolute atomic E-state index is 1.000. The number of rotatable bonds is 13. The Morgan fingerprint density at radius 3 is 1.54 bits per heavy atom. The van der Waals surface area contributed by atoms with E-state index in [1.807, 2.05) is 0 Å². The molecule has 0 spiro atoms. The lowest BCUT2D eigenvalue weighted by atomic mass is 9.85. The first-order valence-corrected chi connectivity index (χ1v) is 11.8. The number of aryl methyl sites for hydroxylation is 2. The zero-order chi connectivity index (χ0) is 20.5. The van der Waals surface area contributed by atoms with E-state index in [0.29, 0.717) is 0 Å². The van der Waals surface area contributed by atoms with Gasteiger partial charge in [-0.2, -0.15) is 0 Å². The van der Waals surface area contributed by atoms with E-state index in [-0.39, 0.29) is 0 Å². The topological polar surface area (TPSA) is 31.9 Å². The van der Waals surface area contributed by atoms with E-state index in [0.717, 1.165) is 12.4 Å². The molecule has 0 radical (unpaired) electrons.